The van der Waals surface area contributed by atoms with E-state index in [1.807, 2.05) is 76.5 Å². The molecular formula is C21H20ClN3O. The highest BCUT2D eigenvalue weighted by Crippen LogP contribution is 2.21. The summed E-state index contributed by atoms with van der Waals surface area (Å²) in [7, 11) is 0. The largest absolute Gasteiger partial charge is 0.368 e. The fourth-order valence-corrected chi connectivity index (χ4v) is 3.49. The second kappa shape index (κ2) is 7.26. The standard InChI is InChI=1S/C21H20ClN3O/c22-18-4-3-5-20(16-18)24-12-14-25(15-13-24)21(26)17-6-8-19(9-7-17)23-10-1-2-11-23/h1-11,16H,12-15H2. The van der Waals surface area contributed by atoms with Crippen molar-refractivity contribution >= 4 is 23.2 Å². The van der Waals surface area contributed by atoms with Gasteiger partial charge in [0.15, 0.2) is 0 Å². The zero-order valence-corrected chi connectivity index (χ0v) is 15.1. The lowest BCUT2D eigenvalue weighted by Crippen LogP contribution is -2.48. The van der Waals surface area contributed by atoms with E-state index in [9.17, 15) is 4.79 Å². The van der Waals surface area contributed by atoms with Crippen LogP contribution in [0.4, 0.5) is 5.69 Å². The summed E-state index contributed by atoms with van der Waals surface area (Å²) < 4.78 is 2.03. The molecule has 0 unspecified atom stereocenters. The van der Waals surface area contributed by atoms with E-state index in [1.54, 1.807) is 0 Å². The Hall–Kier alpha value is -2.72. The average molecular weight is 366 g/mol. The van der Waals surface area contributed by atoms with Crippen molar-refractivity contribution in [1.82, 2.24) is 9.47 Å². The lowest BCUT2D eigenvalue weighted by atomic mass is 10.1. The number of halogens is 1. The molecule has 26 heavy (non-hydrogen) atoms. The van der Waals surface area contributed by atoms with Gasteiger partial charge in [0.1, 0.15) is 0 Å². The van der Waals surface area contributed by atoms with E-state index in [0.717, 1.165) is 35.1 Å². The fraction of sp³-hybridized carbons (Fsp3) is 0.190. The predicted octanol–water partition coefficient (Wildman–Crippen LogP) is 4.09. The first kappa shape index (κ1) is 16.7. The van der Waals surface area contributed by atoms with Gasteiger partial charge in [-0.15, -0.1) is 0 Å². The maximum absolute atomic E-state index is 12.8. The van der Waals surface area contributed by atoms with Crippen molar-refractivity contribution in [3.63, 3.8) is 0 Å². The van der Waals surface area contributed by atoms with Gasteiger partial charge in [0.25, 0.3) is 5.91 Å². The number of rotatable bonds is 3. The molecule has 4 rings (SSSR count). The molecule has 0 bridgehead atoms. The Labute approximate surface area is 158 Å². The number of amides is 1. The van der Waals surface area contributed by atoms with Gasteiger partial charge >= 0.3 is 0 Å². The fourth-order valence-electron chi connectivity index (χ4n) is 3.31. The Balaban J connectivity index is 1.40. The molecule has 0 atom stereocenters. The first-order valence-corrected chi connectivity index (χ1v) is 9.12. The summed E-state index contributed by atoms with van der Waals surface area (Å²) in [6, 6.07) is 19.6. The van der Waals surface area contributed by atoms with Crippen LogP contribution in [0.2, 0.25) is 5.02 Å². The third-order valence-electron chi connectivity index (χ3n) is 4.76. The van der Waals surface area contributed by atoms with E-state index in [2.05, 4.69) is 11.0 Å². The van der Waals surface area contributed by atoms with Gasteiger partial charge in [-0.1, -0.05) is 17.7 Å². The van der Waals surface area contributed by atoms with Crippen LogP contribution >= 0.6 is 11.6 Å². The summed E-state index contributed by atoms with van der Waals surface area (Å²) in [4.78, 5) is 17.0. The third-order valence-corrected chi connectivity index (χ3v) is 4.99. The number of nitrogens with zero attached hydrogens (tertiary/aromatic N) is 3. The van der Waals surface area contributed by atoms with Crippen LogP contribution in [0.15, 0.2) is 73.1 Å². The van der Waals surface area contributed by atoms with Crippen molar-refractivity contribution in [1.29, 1.82) is 0 Å². The highest BCUT2D eigenvalue weighted by atomic mass is 35.5. The average Bonchev–Trinajstić information content (AvgIpc) is 3.23. The zero-order chi connectivity index (χ0) is 17.9. The molecule has 2 heterocycles. The summed E-state index contributed by atoms with van der Waals surface area (Å²) in [5.41, 5.74) is 2.90. The number of piperazine rings is 1. The van der Waals surface area contributed by atoms with Crippen molar-refractivity contribution in [2.24, 2.45) is 0 Å². The molecule has 5 heteroatoms. The van der Waals surface area contributed by atoms with Gasteiger partial charge in [-0.25, -0.2) is 0 Å². The van der Waals surface area contributed by atoms with E-state index >= 15 is 0 Å². The van der Waals surface area contributed by atoms with E-state index < -0.39 is 0 Å². The van der Waals surface area contributed by atoms with Gasteiger partial charge in [-0.2, -0.15) is 0 Å². The molecule has 1 aliphatic rings. The monoisotopic (exact) mass is 365 g/mol. The Morgan fingerprint density at radius 2 is 1.50 bits per heavy atom. The maximum Gasteiger partial charge on any atom is 0.253 e. The van der Waals surface area contributed by atoms with Gasteiger partial charge in [0.05, 0.1) is 0 Å². The Kier molecular flexibility index (Phi) is 4.67. The smallest absolute Gasteiger partial charge is 0.253 e. The summed E-state index contributed by atoms with van der Waals surface area (Å²) >= 11 is 6.08. The van der Waals surface area contributed by atoms with Crippen LogP contribution in [0, 0.1) is 0 Å². The minimum atomic E-state index is 0.0924. The molecule has 0 spiro atoms. The molecule has 3 aromatic rings. The second-order valence-electron chi connectivity index (χ2n) is 6.40. The van der Waals surface area contributed by atoms with Crippen molar-refractivity contribution in [3.05, 3.63) is 83.6 Å². The Morgan fingerprint density at radius 3 is 2.15 bits per heavy atom. The molecule has 0 saturated carbocycles. The SMILES string of the molecule is O=C(c1ccc(-n2cccc2)cc1)N1CCN(c2cccc(Cl)c2)CC1. The lowest BCUT2D eigenvalue weighted by Gasteiger charge is -2.36. The minimum Gasteiger partial charge on any atom is -0.368 e. The molecule has 1 fully saturated rings. The first-order chi connectivity index (χ1) is 12.7. The molecule has 0 aliphatic carbocycles. The van der Waals surface area contributed by atoms with Gasteiger partial charge in [0.2, 0.25) is 0 Å². The molecule has 0 radical (unpaired) electrons. The normalized spacial score (nSPS) is 14.5. The van der Waals surface area contributed by atoms with Crippen molar-refractivity contribution in [2.45, 2.75) is 0 Å². The quantitative estimate of drug-likeness (QED) is 0.699. The van der Waals surface area contributed by atoms with Crippen LogP contribution < -0.4 is 4.90 Å². The van der Waals surface area contributed by atoms with Crippen LogP contribution in [-0.4, -0.2) is 41.6 Å². The Morgan fingerprint density at radius 1 is 0.808 bits per heavy atom. The molecule has 2 aromatic carbocycles. The number of aromatic nitrogens is 1. The van der Waals surface area contributed by atoms with Crippen LogP contribution in [0.1, 0.15) is 10.4 Å². The molecule has 0 N–H and O–H groups in total. The van der Waals surface area contributed by atoms with Crippen molar-refractivity contribution < 1.29 is 4.79 Å². The van der Waals surface area contributed by atoms with Gasteiger partial charge in [-0.05, 0) is 54.6 Å². The molecule has 1 saturated heterocycles. The number of hydrogen-bond donors (Lipinski definition) is 0. The lowest BCUT2D eigenvalue weighted by molar-refractivity contribution is 0.0747. The van der Waals surface area contributed by atoms with Gasteiger partial charge in [-0.3, -0.25) is 4.79 Å². The van der Waals surface area contributed by atoms with E-state index in [1.165, 1.54) is 0 Å². The first-order valence-electron chi connectivity index (χ1n) is 8.74. The third kappa shape index (κ3) is 3.46. The van der Waals surface area contributed by atoms with E-state index in [0.29, 0.717) is 13.1 Å². The highest BCUT2D eigenvalue weighted by Gasteiger charge is 2.22. The number of carbonyl (C=O) groups is 1. The number of carbonyl (C=O) groups excluding carboxylic acids is 1. The summed E-state index contributed by atoms with van der Waals surface area (Å²) in [6.45, 7) is 3.05. The minimum absolute atomic E-state index is 0.0924. The maximum atomic E-state index is 12.8. The summed E-state index contributed by atoms with van der Waals surface area (Å²) in [6.07, 6.45) is 3.98. The predicted molar refractivity (Wildman–Crippen MR) is 105 cm³/mol. The van der Waals surface area contributed by atoms with Crippen molar-refractivity contribution in [3.8, 4) is 5.69 Å². The Bertz CT molecular complexity index is 882. The molecule has 1 aliphatic heterocycles. The summed E-state index contributed by atoms with van der Waals surface area (Å²) in [5, 5.41) is 0.740. The van der Waals surface area contributed by atoms with E-state index in [4.69, 9.17) is 11.6 Å². The van der Waals surface area contributed by atoms with Crippen molar-refractivity contribution in [2.75, 3.05) is 31.1 Å². The number of anilines is 1. The number of hydrogen-bond acceptors (Lipinski definition) is 2. The molecule has 1 amide bonds. The van der Waals surface area contributed by atoms with Crippen LogP contribution in [0.3, 0.4) is 0 Å². The zero-order valence-electron chi connectivity index (χ0n) is 14.4. The topological polar surface area (TPSA) is 28.5 Å². The van der Waals surface area contributed by atoms with Crippen LogP contribution in [0.5, 0.6) is 0 Å². The molecule has 132 valence electrons. The molecular weight excluding hydrogens is 346 g/mol. The number of benzene rings is 2. The second-order valence-corrected chi connectivity index (χ2v) is 6.83. The van der Waals surface area contributed by atoms with Gasteiger partial charge in [0, 0.05) is 60.5 Å². The summed E-state index contributed by atoms with van der Waals surface area (Å²) in [5.74, 6) is 0.0924. The molecule has 4 nitrogen and oxygen atoms in total. The molecule has 1 aromatic heterocycles. The van der Waals surface area contributed by atoms with Gasteiger partial charge < -0.3 is 14.4 Å². The van der Waals surface area contributed by atoms with Crippen LogP contribution in [0.25, 0.3) is 5.69 Å². The highest BCUT2D eigenvalue weighted by molar-refractivity contribution is 6.30. The van der Waals surface area contributed by atoms with Crippen LogP contribution in [-0.2, 0) is 0 Å². The van der Waals surface area contributed by atoms with E-state index in [-0.39, 0.29) is 5.91 Å².